The minimum absolute atomic E-state index is 0.0559. The van der Waals surface area contributed by atoms with Gasteiger partial charge in [0.25, 0.3) is 0 Å². The number of aromatic hydroxyl groups is 1. The molecule has 0 heterocycles. The van der Waals surface area contributed by atoms with Crippen molar-refractivity contribution in [2.45, 2.75) is 26.2 Å². The number of phenols is 1. The summed E-state index contributed by atoms with van der Waals surface area (Å²) in [7, 11) is 0. The zero-order valence-corrected chi connectivity index (χ0v) is 12.5. The van der Waals surface area contributed by atoms with E-state index in [4.69, 9.17) is 0 Å². The lowest BCUT2D eigenvalue weighted by atomic mass is 9.86. The number of phenolic OH excluding ortho intramolecular Hbond substituents is 1. The van der Waals surface area contributed by atoms with Gasteiger partial charge in [-0.05, 0) is 23.1 Å². The molecule has 0 aliphatic rings. The maximum absolute atomic E-state index is 13.5. The molecule has 2 aromatic carbocycles. The van der Waals surface area contributed by atoms with Gasteiger partial charge in [-0.25, -0.2) is 18.2 Å². The lowest BCUT2D eigenvalue weighted by Crippen LogP contribution is -2.11. The van der Waals surface area contributed by atoms with Crippen LogP contribution in [0, 0.1) is 17.5 Å². The maximum atomic E-state index is 13.5. The van der Waals surface area contributed by atoms with Crippen LogP contribution in [-0.4, -0.2) is 11.3 Å². The van der Waals surface area contributed by atoms with Gasteiger partial charge < -0.3 is 5.11 Å². The Morgan fingerprint density at radius 2 is 1.59 bits per heavy atom. The van der Waals surface area contributed by atoms with E-state index in [0.29, 0.717) is 17.7 Å². The summed E-state index contributed by atoms with van der Waals surface area (Å²) in [6.45, 7) is 6.00. The van der Waals surface area contributed by atoms with E-state index in [2.05, 4.69) is 4.99 Å². The molecule has 0 aliphatic carbocycles. The Hall–Kier alpha value is -2.30. The van der Waals surface area contributed by atoms with Gasteiger partial charge in [0.15, 0.2) is 11.6 Å². The van der Waals surface area contributed by atoms with Crippen LogP contribution in [0.4, 0.5) is 18.9 Å². The standard InChI is InChI=1S/C17H16F3NO/c1-17(2,3)11-4-5-15(22)10(6-11)9-21-16-13(19)7-12(18)8-14(16)20/h4-9,22H,1-3H3/b21-9+. The second kappa shape index (κ2) is 5.83. The largest absolute Gasteiger partial charge is 0.507 e. The Kier molecular flexibility index (Phi) is 4.26. The molecule has 0 unspecified atom stereocenters. The number of halogens is 3. The van der Waals surface area contributed by atoms with E-state index in [0.717, 1.165) is 11.8 Å². The van der Waals surface area contributed by atoms with E-state index in [1.54, 1.807) is 12.1 Å². The van der Waals surface area contributed by atoms with Crippen molar-refractivity contribution in [3.63, 3.8) is 0 Å². The van der Waals surface area contributed by atoms with Gasteiger partial charge in [-0.1, -0.05) is 26.8 Å². The van der Waals surface area contributed by atoms with Crippen LogP contribution in [0.15, 0.2) is 35.3 Å². The lowest BCUT2D eigenvalue weighted by molar-refractivity contribution is 0.473. The summed E-state index contributed by atoms with van der Waals surface area (Å²) in [5.41, 5.74) is 0.521. The molecular formula is C17H16F3NO. The summed E-state index contributed by atoms with van der Waals surface area (Å²) in [6, 6.07) is 6.07. The lowest BCUT2D eigenvalue weighted by Gasteiger charge is -2.19. The second-order valence-corrected chi connectivity index (χ2v) is 6.00. The van der Waals surface area contributed by atoms with E-state index >= 15 is 0 Å². The van der Waals surface area contributed by atoms with Crippen LogP contribution in [0.1, 0.15) is 31.9 Å². The Morgan fingerprint density at radius 1 is 1.00 bits per heavy atom. The number of aliphatic imine (C=N–C) groups is 1. The molecular weight excluding hydrogens is 291 g/mol. The molecule has 0 spiro atoms. The van der Waals surface area contributed by atoms with Crippen molar-refractivity contribution in [3.8, 4) is 5.75 Å². The Balaban J connectivity index is 2.43. The van der Waals surface area contributed by atoms with Crippen LogP contribution >= 0.6 is 0 Å². The van der Waals surface area contributed by atoms with Gasteiger partial charge in [-0.3, -0.25) is 0 Å². The van der Waals surface area contributed by atoms with Crippen molar-refractivity contribution in [1.29, 1.82) is 0 Å². The van der Waals surface area contributed by atoms with Crippen molar-refractivity contribution in [2.75, 3.05) is 0 Å². The van der Waals surface area contributed by atoms with Gasteiger partial charge in [0.2, 0.25) is 0 Å². The van der Waals surface area contributed by atoms with E-state index in [1.807, 2.05) is 20.8 Å². The third-order valence-electron chi connectivity index (χ3n) is 3.21. The maximum Gasteiger partial charge on any atom is 0.154 e. The average molecular weight is 307 g/mol. The first-order chi connectivity index (χ1) is 10.2. The van der Waals surface area contributed by atoms with Gasteiger partial charge in [-0.2, -0.15) is 0 Å². The normalized spacial score (nSPS) is 12.1. The minimum atomic E-state index is -1.10. The molecule has 0 saturated carbocycles. The number of rotatable bonds is 2. The molecule has 0 aliphatic heterocycles. The summed E-state index contributed by atoms with van der Waals surface area (Å²) in [5.74, 6) is -3.26. The van der Waals surface area contributed by atoms with Crippen LogP contribution in [-0.2, 0) is 5.41 Å². The summed E-state index contributed by atoms with van der Waals surface area (Å²) in [5, 5.41) is 9.82. The van der Waals surface area contributed by atoms with Crippen molar-refractivity contribution in [1.82, 2.24) is 0 Å². The first kappa shape index (κ1) is 16.1. The van der Waals surface area contributed by atoms with Gasteiger partial charge in [0.1, 0.15) is 17.3 Å². The predicted octanol–water partition coefficient (Wildman–Crippen LogP) is 4.86. The highest BCUT2D eigenvalue weighted by Gasteiger charge is 2.15. The number of hydrogen-bond acceptors (Lipinski definition) is 2. The van der Waals surface area contributed by atoms with E-state index in [-0.39, 0.29) is 11.2 Å². The Morgan fingerprint density at radius 3 is 2.14 bits per heavy atom. The zero-order valence-electron chi connectivity index (χ0n) is 12.5. The topological polar surface area (TPSA) is 32.6 Å². The van der Waals surface area contributed by atoms with Crippen LogP contribution in [0.2, 0.25) is 0 Å². The number of hydrogen-bond donors (Lipinski definition) is 1. The third kappa shape index (κ3) is 3.47. The Labute approximate surface area is 126 Å². The molecule has 0 atom stereocenters. The summed E-state index contributed by atoms with van der Waals surface area (Å²) in [6.07, 6.45) is 1.16. The SMILES string of the molecule is CC(C)(C)c1ccc(O)c(/C=N/c2c(F)cc(F)cc2F)c1. The van der Waals surface area contributed by atoms with Gasteiger partial charge >= 0.3 is 0 Å². The molecule has 0 aromatic heterocycles. The van der Waals surface area contributed by atoms with Crippen molar-refractivity contribution in [3.05, 3.63) is 58.9 Å². The molecule has 0 fully saturated rings. The van der Waals surface area contributed by atoms with Crippen molar-refractivity contribution >= 4 is 11.9 Å². The van der Waals surface area contributed by atoms with Gasteiger partial charge in [0, 0.05) is 23.9 Å². The third-order valence-corrected chi connectivity index (χ3v) is 3.21. The number of benzene rings is 2. The Bertz CT molecular complexity index is 710. The fourth-order valence-electron chi connectivity index (χ4n) is 1.92. The molecule has 116 valence electrons. The first-order valence-electron chi connectivity index (χ1n) is 6.70. The molecule has 1 N–H and O–H groups in total. The predicted molar refractivity (Wildman–Crippen MR) is 80.4 cm³/mol. The van der Waals surface area contributed by atoms with Crippen molar-refractivity contribution < 1.29 is 18.3 Å². The first-order valence-corrected chi connectivity index (χ1v) is 6.70. The molecule has 5 heteroatoms. The minimum Gasteiger partial charge on any atom is -0.507 e. The fourth-order valence-corrected chi connectivity index (χ4v) is 1.92. The average Bonchev–Trinajstić information content (AvgIpc) is 2.38. The molecule has 0 bridgehead atoms. The quantitative estimate of drug-likeness (QED) is 0.790. The van der Waals surface area contributed by atoms with Crippen LogP contribution in [0.25, 0.3) is 0 Å². The monoisotopic (exact) mass is 307 g/mol. The van der Waals surface area contributed by atoms with Gasteiger partial charge in [0.05, 0.1) is 0 Å². The highest BCUT2D eigenvalue weighted by Crippen LogP contribution is 2.28. The molecule has 2 aromatic rings. The molecule has 22 heavy (non-hydrogen) atoms. The molecule has 2 rings (SSSR count). The van der Waals surface area contributed by atoms with E-state index in [1.165, 1.54) is 6.07 Å². The summed E-state index contributed by atoms with van der Waals surface area (Å²) < 4.78 is 39.9. The van der Waals surface area contributed by atoms with Crippen LogP contribution in [0.5, 0.6) is 5.75 Å². The highest BCUT2D eigenvalue weighted by molar-refractivity contribution is 5.85. The fraction of sp³-hybridized carbons (Fsp3) is 0.235. The van der Waals surface area contributed by atoms with Crippen LogP contribution < -0.4 is 0 Å². The molecule has 0 saturated heterocycles. The van der Waals surface area contributed by atoms with E-state index in [9.17, 15) is 18.3 Å². The highest BCUT2D eigenvalue weighted by atomic mass is 19.1. The van der Waals surface area contributed by atoms with Crippen molar-refractivity contribution in [2.24, 2.45) is 4.99 Å². The smallest absolute Gasteiger partial charge is 0.154 e. The number of nitrogens with zero attached hydrogens (tertiary/aromatic N) is 1. The van der Waals surface area contributed by atoms with E-state index < -0.39 is 23.1 Å². The second-order valence-electron chi connectivity index (χ2n) is 6.00. The summed E-state index contributed by atoms with van der Waals surface area (Å²) >= 11 is 0. The summed E-state index contributed by atoms with van der Waals surface area (Å²) in [4.78, 5) is 3.70. The van der Waals surface area contributed by atoms with Crippen LogP contribution in [0.3, 0.4) is 0 Å². The zero-order chi connectivity index (χ0) is 16.5. The molecule has 0 amide bonds. The molecule has 2 nitrogen and oxygen atoms in total. The molecule has 0 radical (unpaired) electrons. The van der Waals surface area contributed by atoms with Gasteiger partial charge in [-0.15, -0.1) is 0 Å².